The van der Waals surface area contributed by atoms with E-state index in [1.165, 1.54) is 24.3 Å². The summed E-state index contributed by atoms with van der Waals surface area (Å²) in [7, 11) is 0. The van der Waals surface area contributed by atoms with Crippen LogP contribution in [-0.2, 0) is 9.59 Å². The number of anilines is 1. The first-order valence-electron chi connectivity index (χ1n) is 7.49. The van der Waals surface area contributed by atoms with Gasteiger partial charge >= 0.3 is 0 Å². The van der Waals surface area contributed by atoms with Gasteiger partial charge in [0, 0.05) is 10.2 Å². The Hall–Kier alpha value is -2.45. The van der Waals surface area contributed by atoms with E-state index in [1.807, 2.05) is 18.2 Å². The maximum atomic E-state index is 12.9. The van der Waals surface area contributed by atoms with E-state index < -0.39 is 29.4 Å². The third-order valence-corrected chi connectivity index (χ3v) is 4.85. The molecule has 0 bridgehead atoms. The highest BCUT2D eigenvalue weighted by Gasteiger charge is 2.36. The number of rotatable bonds is 4. The zero-order valence-electron chi connectivity index (χ0n) is 13.2. The molecule has 2 aromatic carbocycles. The van der Waals surface area contributed by atoms with Crippen molar-refractivity contribution >= 4 is 56.5 Å². The van der Waals surface area contributed by atoms with Crippen LogP contribution in [0.15, 0.2) is 57.9 Å². The molecule has 5 nitrogen and oxygen atoms in total. The number of nitrogens with one attached hydrogen (secondary N) is 1. The van der Waals surface area contributed by atoms with Crippen molar-refractivity contribution in [1.82, 2.24) is 4.90 Å². The fraction of sp³-hybridized carbons (Fsp3) is 0.0556. The van der Waals surface area contributed by atoms with Crippen molar-refractivity contribution in [3.8, 4) is 0 Å². The zero-order chi connectivity index (χ0) is 18.7. The summed E-state index contributed by atoms with van der Waals surface area (Å²) in [4.78, 5) is 37.7. The molecule has 0 spiro atoms. The highest BCUT2D eigenvalue weighted by molar-refractivity contribution is 9.10. The topological polar surface area (TPSA) is 66.5 Å². The molecule has 1 fully saturated rings. The number of hydrogen-bond acceptors (Lipinski definition) is 4. The van der Waals surface area contributed by atoms with Gasteiger partial charge in [0.2, 0.25) is 5.91 Å². The average Bonchev–Trinajstić information content (AvgIpc) is 2.84. The van der Waals surface area contributed by atoms with Crippen LogP contribution < -0.4 is 5.32 Å². The van der Waals surface area contributed by atoms with Gasteiger partial charge in [-0.2, -0.15) is 0 Å². The molecule has 0 unspecified atom stereocenters. The first-order valence-corrected chi connectivity index (χ1v) is 9.10. The summed E-state index contributed by atoms with van der Waals surface area (Å²) >= 11 is 4.13. The maximum Gasteiger partial charge on any atom is 0.294 e. The molecule has 1 N–H and O–H groups in total. The molecule has 0 aromatic heterocycles. The normalized spacial score (nSPS) is 15.6. The molecule has 0 saturated carbocycles. The minimum atomic E-state index is -0.539. The molecule has 0 aliphatic carbocycles. The fourth-order valence-electron chi connectivity index (χ4n) is 2.26. The molecule has 0 atom stereocenters. The molecule has 26 heavy (non-hydrogen) atoms. The predicted octanol–water partition coefficient (Wildman–Crippen LogP) is 4.26. The van der Waals surface area contributed by atoms with Gasteiger partial charge < -0.3 is 5.32 Å². The smallest absolute Gasteiger partial charge is 0.294 e. The Morgan fingerprint density at radius 2 is 1.92 bits per heavy atom. The van der Waals surface area contributed by atoms with E-state index in [-0.39, 0.29) is 4.91 Å². The van der Waals surface area contributed by atoms with Gasteiger partial charge in [0.15, 0.2) is 0 Å². The summed E-state index contributed by atoms with van der Waals surface area (Å²) in [6.07, 6.45) is 1.60. The number of hydrogen-bond donors (Lipinski definition) is 1. The van der Waals surface area contributed by atoms with Crippen LogP contribution in [0.4, 0.5) is 14.9 Å². The summed E-state index contributed by atoms with van der Waals surface area (Å²) in [5.74, 6) is -1.48. The van der Waals surface area contributed by atoms with Gasteiger partial charge in [0.05, 0.1) is 4.91 Å². The van der Waals surface area contributed by atoms with E-state index in [9.17, 15) is 18.8 Å². The molecule has 8 heteroatoms. The molecule has 0 radical (unpaired) electrons. The van der Waals surface area contributed by atoms with Gasteiger partial charge in [-0.25, -0.2) is 4.39 Å². The number of benzene rings is 2. The van der Waals surface area contributed by atoms with Crippen LogP contribution in [0.25, 0.3) is 6.08 Å². The third kappa shape index (κ3) is 4.39. The van der Waals surface area contributed by atoms with Crippen molar-refractivity contribution in [2.45, 2.75) is 0 Å². The molecule has 3 rings (SSSR count). The minimum Gasteiger partial charge on any atom is -0.325 e. The average molecular weight is 435 g/mol. The number of carbonyl (C=O) groups excluding carboxylic acids is 3. The number of amides is 3. The van der Waals surface area contributed by atoms with Crippen LogP contribution in [0.1, 0.15) is 5.56 Å². The lowest BCUT2D eigenvalue weighted by Crippen LogP contribution is -2.36. The quantitative estimate of drug-likeness (QED) is 0.729. The lowest BCUT2D eigenvalue weighted by Gasteiger charge is -2.12. The largest absolute Gasteiger partial charge is 0.325 e. The predicted molar refractivity (Wildman–Crippen MR) is 102 cm³/mol. The Morgan fingerprint density at radius 1 is 1.19 bits per heavy atom. The summed E-state index contributed by atoms with van der Waals surface area (Å²) in [6.45, 7) is -0.405. The van der Waals surface area contributed by atoms with Crippen LogP contribution in [0, 0.1) is 5.82 Å². The van der Waals surface area contributed by atoms with Crippen molar-refractivity contribution in [3.63, 3.8) is 0 Å². The van der Waals surface area contributed by atoms with Crippen molar-refractivity contribution in [2.24, 2.45) is 0 Å². The van der Waals surface area contributed by atoms with Crippen molar-refractivity contribution < 1.29 is 18.8 Å². The van der Waals surface area contributed by atoms with Crippen molar-refractivity contribution in [2.75, 3.05) is 11.9 Å². The number of thioether (sulfide) groups is 1. The molecule has 3 amide bonds. The molecule has 1 aliphatic rings. The Morgan fingerprint density at radius 3 is 2.62 bits per heavy atom. The Kier molecular flexibility index (Phi) is 5.53. The van der Waals surface area contributed by atoms with E-state index in [0.29, 0.717) is 5.69 Å². The van der Waals surface area contributed by atoms with E-state index in [0.717, 1.165) is 26.7 Å². The standard InChI is InChI=1S/C18H12BrFN2O3S/c19-12-3-1-2-11(8-12)9-15-17(24)22(18(25)26-15)10-16(23)21-14-6-4-13(20)5-7-14/h1-9H,10H2,(H,21,23)/b15-9-. The van der Waals surface area contributed by atoms with Gasteiger partial charge in [-0.05, 0) is 59.8 Å². The SMILES string of the molecule is O=C(CN1C(=O)S/C(=C\c2cccc(Br)c2)C1=O)Nc1ccc(F)cc1. The Labute approximate surface area is 161 Å². The fourth-order valence-corrected chi connectivity index (χ4v) is 3.52. The van der Waals surface area contributed by atoms with E-state index in [2.05, 4.69) is 21.2 Å². The number of nitrogens with zero attached hydrogens (tertiary/aromatic N) is 1. The molecular formula is C18H12BrFN2O3S. The second kappa shape index (κ2) is 7.84. The van der Waals surface area contributed by atoms with Crippen molar-refractivity contribution in [1.29, 1.82) is 0 Å². The second-order valence-corrected chi connectivity index (χ2v) is 7.29. The van der Waals surface area contributed by atoms with E-state index in [1.54, 1.807) is 12.1 Å². The van der Waals surface area contributed by atoms with Crippen LogP contribution in [0.5, 0.6) is 0 Å². The van der Waals surface area contributed by atoms with Gasteiger partial charge in [0.1, 0.15) is 12.4 Å². The van der Waals surface area contributed by atoms with Gasteiger partial charge in [0.25, 0.3) is 11.1 Å². The molecule has 1 saturated heterocycles. The monoisotopic (exact) mass is 434 g/mol. The van der Waals surface area contributed by atoms with Crippen LogP contribution in [0.3, 0.4) is 0 Å². The number of halogens is 2. The molecule has 132 valence electrons. The molecule has 1 heterocycles. The zero-order valence-corrected chi connectivity index (χ0v) is 15.6. The summed E-state index contributed by atoms with van der Waals surface area (Å²) in [5.41, 5.74) is 1.15. The van der Waals surface area contributed by atoms with E-state index >= 15 is 0 Å². The van der Waals surface area contributed by atoms with Crippen LogP contribution in [0.2, 0.25) is 0 Å². The summed E-state index contributed by atoms with van der Waals surface area (Å²) < 4.78 is 13.7. The third-order valence-electron chi connectivity index (χ3n) is 3.45. The number of carbonyl (C=O) groups is 3. The van der Waals surface area contributed by atoms with Crippen LogP contribution >= 0.6 is 27.7 Å². The molecule has 1 aliphatic heterocycles. The maximum absolute atomic E-state index is 12.9. The van der Waals surface area contributed by atoms with Crippen LogP contribution in [-0.4, -0.2) is 28.5 Å². The highest BCUT2D eigenvalue weighted by atomic mass is 79.9. The van der Waals surface area contributed by atoms with E-state index in [4.69, 9.17) is 0 Å². The van der Waals surface area contributed by atoms with Gasteiger partial charge in [-0.1, -0.05) is 28.1 Å². The van der Waals surface area contributed by atoms with Crippen molar-refractivity contribution in [3.05, 3.63) is 69.3 Å². The van der Waals surface area contributed by atoms with Gasteiger partial charge in [-0.15, -0.1) is 0 Å². The Balaban J connectivity index is 1.69. The summed E-state index contributed by atoms with van der Waals surface area (Å²) in [6, 6.07) is 12.5. The first kappa shape index (κ1) is 18.3. The first-order chi connectivity index (χ1) is 12.4. The minimum absolute atomic E-state index is 0.252. The lowest BCUT2D eigenvalue weighted by molar-refractivity contribution is -0.127. The Bertz CT molecular complexity index is 915. The highest BCUT2D eigenvalue weighted by Crippen LogP contribution is 2.32. The lowest BCUT2D eigenvalue weighted by atomic mass is 10.2. The molecule has 2 aromatic rings. The van der Waals surface area contributed by atoms with Gasteiger partial charge in [-0.3, -0.25) is 19.3 Å². The molecular weight excluding hydrogens is 423 g/mol. The second-order valence-electron chi connectivity index (χ2n) is 5.38. The number of imide groups is 1. The summed E-state index contributed by atoms with van der Waals surface area (Å²) in [5, 5.41) is 2.01.